The Morgan fingerprint density at radius 3 is 2.75 bits per heavy atom. The lowest BCUT2D eigenvalue weighted by molar-refractivity contribution is -0.0721. The predicted molar refractivity (Wildman–Crippen MR) is 80.3 cm³/mol. The van der Waals surface area contributed by atoms with E-state index >= 15 is 0 Å². The Labute approximate surface area is 125 Å². The van der Waals surface area contributed by atoms with E-state index in [4.69, 9.17) is 17.3 Å². The van der Waals surface area contributed by atoms with Crippen LogP contribution in [0.25, 0.3) is 0 Å². The first kappa shape index (κ1) is 15.7. The van der Waals surface area contributed by atoms with Crippen molar-refractivity contribution in [3.63, 3.8) is 0 Å². The second-order valence-corrected chi connectivity index (χ2v) is 7.07. The zero-order valence-corrected chi connectivity index (χ0v) is 12.9. The molecule has 0 bridgehead atoms. The number of rotatable bonds is 3. The average Bonchev–Trinajstić information content (AvgIpc) is 2.32. The van der Waals surface area contributed by atoms with Crippen LogP contribution in [0.4, 0.5) is 4.39 Å². The van der Waals surface area contributed by atoms with Crippen LogP contribution in [-0.4, -0.2) is 16.2 Å². The number of hydrogen-bond acceptors (Lipinski definition) is 2. The number of benzene rings is 1. The molecule has 0 unspecified atom stereocenters. The summed E-state index contributed by atoms with van der Waals surface area (Å²) in [6, 6.07) is 4.62. The molecule has 0 radical (unpaired) electrons. The number of aliphatic hydroxyl groups is 1. The smallest absolute Gasteiger partial charge is 0.127 e. The Kier molecular flexibility index (Phi) is 4.43. The van der Waals surface area contributed by atoms with E-state index in [1.54, 1.807) is 12.1 Å². The largest absolute Gasteiger partial charge is 0.389 e. The summed E-state index contributed by atoms with van der Waals surface area (Å²) in [6.07, 6.45) is 3.87. The summed E-state index contributed by atoms with van der Waals surface area (Å²) in [5, 5.41) is 11.4. The van der Waals surface area contributed by atoms with Crippen molar-refractivity contribution in [2.75, 3.05) is 0 Å². The topological polar surface area (TPSA) is 46.2 Å². The van der Waals surface area contributed by atoms with Gasteiger partial charge in [-0.05, 0) is 44.4 Å². The van der Waals surface area contributed by atoms with E-state index in [-0.39, 0.29) is 11.7 Å². The molecule has 1 aromatic carbocycles. The molecule has 1 aliphatic carbocycles. The summed E-state index contributed by atoms with van der Waals surface area (Å²) in [7, 11) is 0. The van der Waals surface area contributed by atoms with Gasteiger partial charge in [-0.1, -0.05) is 30.5 Å². The maximum absolute atomic E-state index is 14.0. The van der Waals surface area contributed by atoms with Crippen LogP contribution >= 0.6 is 11.6 Å². The molecule has 0 amide bonds. The summed E-state index contributed by atoms with van der Waals surface area (Å²) in [4.78, 5) is 0. The van der Waals surface area contributed by atoms with Crippen molar-refractivity contribution >= 4 is 11.6 Å². The third kappa shape index (κ3) is 3.33. The number of nitrogens with two attached hydrogens (primary N) is 1. The monoisotopic (exact) mass is 299 g/mol. The number of halogens is 2. The van der Waals surface area contributed by atoms with Gasteiger partial charge in [-0.2, -0.15) is 0 Å². The second-order valence-electron chi connectivity index (χ2n) is 6.64. The Morgan fingerprint density at radius 2 is 2.15 bits per heavy atom. The summed E-state index contributed by atoms with van der Waals surface area (Å²) >= 11 is 5.77. The van der Waals surface area contributed by atoms with Crippen molar-refractivity contribution in [1.29, 1.82) is 0 Å². The standard InChI is InChI=1S/C16H23ClFNO/c1-15(2,19)14-5-3-4-8-16(14,20)10-11-6-7-12(17)9-13(11)18/h6-7,9,14,20H,3-5,8,10,19H2,1-2H3/t14-,16-/m1/s1. The molecule has 1 saturated carbocycles. The Bertz CT molecular complexity index is 486. The van der Waals surface area contributed by atoms with Gasteiger partial charge in [0.15, 0.2) is 0 Å². The van der Waals surface area contributed by atoms with Gasteiger partial charge in [0, 0.05) is 22.9 Å². The van der Waals surface area contributed by atoms with Crippen molar-refractivity contribution < 1.29 is 9.50 Å². The molecule has 0 heterocycles. The van der Waals surface area contributed by atoms with E-state index in [1.807, 2.05) is 13.8 Å². The SMILES string of the molecule is CC(C)(N)[C@H]1CCCC[C@@]1(O)Cc1ccc(Cl)cc1F. The molecular formula is C16H23ClFNO. The lowest BCUT2D eigenvalue weighted by Crippen LogP contribution is -2.56. The van der Waals surface area contributed by atoms with E-state index in [9.17, 15) is 9.50 Å². The maximum Gasteiger partial charge on any atom is 0.127 e. The van der Waals surface area contributed by atoms with Crippen molar-refractivity contribution in [2.45, 2.75) is 57.1 Å². The highest BCUT2D eigenvalue weighted by Gasteiger charge is 2.45. The molecule has 1 fully saturated rings. The fourth-order valence-corrected chi connectivity index (χ4v) is 3.65. The quantitative estimate of drug-likeness (QED) is 0.894. The van der Waals surface area contributed by atoms with E-state index in [1.165, 1.54) is 6.07 Å². The summed E-state index contributed by atoms with van der Waals surface area (Å²) < 4.78 is 14.0. The molecule has 0 spiro atoms. The molecule has 3 N–H and O–H groups in total. The van der Waals surface area contributed by atoms with Crippen LogP contribution in [-0.2, 0) is 6.42 Å². The van der Waals surface area contributed by atoms with Gasteiger partial charge < -0.3 is 10.8 Å². The van der Waals surface area contributed by atoms with E-state index in [0.717, 1.165) is 19.3 Å². The average molecular weight is 300 g/mol. The van der Waals surface area contributed by atoms with Gasteiger partial charge in [-0.3, -0.25) is 0 Å². The molecule has 2 rings (SSSR count). The van der Waals surface area contributed by atoms with Crippen molar-refractivity contribution in [3.05, 3.63) is 34.6 Å². The van der Waals surface area contributed by atoms with Crippen LogP contribution in [0.3, 0.4) is 0 Å². The zero-order chi connectivity index (χ0) is 15.0. The predicted octanol–water partition coefficient (Wildman–Crippen LogP) is 3.68. The van der Waals surface area contributed by atoms with Gasteiger partial charge in [0.1, 0.15) is 5.82 Å². The summed E-state index contributed by atoms with van der Waals surface area (Å²) in [6.45, 7) is 3.87. The Hall–Kier alpha value is -0.640. The first-order chi connectivity index (χ1) is 9.22. The van der Waals surface area contributed by atoms with Gasteiger partial charge in [0.2, 0.25) is 0 Å². The molecular weight excluding hydrogens is 277 g/mol. The van der Waals surface area contributed by atoms with E-state index in [0.29, 0.717) is 23.4 Å². The normalized spacial score (nSPS) is 27.6. The fraction of sp³-hybridized carbons (Fsp3) is 0.625. The highest BCUT2D eigenvalue weighted by atomic mass is 35.5. The van der Waals surface area contributed by atoms with Crippen LogP contribution < -0.4 is 5.73 Å². The minimum absolute atomic E-state index is 0.0289. The Morgan fingerprint density at radius 1 is 1.45 bits per heavy atom. The molecule has 2 atom stereocenters. The van der Waals surface area contributed by atoms with Crippen LogP contribution in [0.1, 0.15) is 45.1 Å². The minimum Gasteiger partial charge on any atom is -0.389 e. The Balaban J connectivity index is 2.28. The first-order valence-electron chi connectivity index (χ1n) is 7.17. The van der Waals surface area contributed by atoms with Gasteiger partial charge in [0.25, 0.3) is 0 Å². The van der Waals surface area contributed by atoms with E-state index in [2.05, 4.69) is 0 Å². The summed E-state index contributed by atoms with van der Waals surface area (Å²) in [5.41, 5.74) is 5.32. The zero-order valence-electron chi connectivity index (χ0n) is 12.1. The molecule has 0 saturated heterocycles. The summed E-state index contributed by atoms with van der Waals surface area (Å²) in [5.74, 6) is -0.385. The van der Waals surface area contributed by atoms with Crippen LogP contribution in [0.5, 0.6) is 0 Å². The van der Waals surface area contributed by atoms with Crippen molar-refractivity contribution in [1.82, 2.24) is 0 Å². The number of hydrogen-bond donors (Lipinski definition) is 2. The third-order valence-electron chi connectivity index (χ3n) is 4.41. The highest BCUT2D eigenvalue weighted by Crippen LogP contribution is 2.41. The van der Waals surface area contributed by atoms with Crippen LogP contribution in [0, 0.1) is 11.7 Å². The maximum atomic E-state index is 14.0. The fourth-order valence-electron chi connectivity index (χ4n) is 3.49. The molecule has 0 aromatic heterocycles. The van der Waals surface area contributed by atoms with Crippen molar-refractivity contribution in [2.24, 2.45) is 11.7 Å². The van der Waals surface area contributed by atoms with E-state index < -0.39 is 11.1 Å². The molecule has 2 nitrogen and oxygen atoms in total. The molecule has 112 valence electrons. The van der Waals surface area contributed by atoms with Crippen LogP contribution in [0.15, 0.2) is 18.2 Å². The van der Waals surface area contributed by atoms with Gasteiger partial charge in [-0.25, -0.2) is 4.39 Å². The molecule has 20 heavy (non-hydrogen) atoms. The first-order valence-corrected chi connectivity index (χ1v) is 7.55. The van der Waals surface area contributed by atoms with Crippen molar-refractivity contribution in [3.8, 4) is 0 Å². The lowest BCUT2D eigenvalue weighted by atomic mass is 9.65. The molecule has 4 heteroatoms. The van der Waals surface area contributed by atoms with Gasteiger partial charge in [0.05, 0.1) is 5.60 Å². The molecule has 0 aliphatic heterocycles. The third-order valence-corrected chi connectivity index (χ3v) is 4.65. The molecule has 1 aliphatic rings. The highest BCUT2D eigenvalue weighted by molar-refractivity contribution is 6.30. The minimum atomic E-state index is -0.939. The van der Waals surface area contributed by atoms with Gasteiger partial charge in [-0.15, -0.1) is 0 Å². The second kappa shape index (κ2) is 5.63. The molecule has 1 aromatic rings. The lowest BCUT2D eigenvalue weighted by Gasteiger charge is -2.46. The van der Waals surface area contributed by atoms with Crippen LogP contribution in [0.2, 0.25) is 5.02 Å². The van der Waals surface area contributed by atoms with Gasteiger partial charge >= 0.3 is 0 Å².